The van der Waals surface area contributed by atoms with E-state index in [1.54, 1.807) is 6.07 Å². The first-order valence-corrected chi connectivity index (χ1v) is 17.1. The first-order chi connectivity index (χ1) is 22.8. The molecule has 0 N–H and O–H groups in total. The van der Waals surface area contributed by atoms with Gasteiger partial charge in [-0.1, -0.05) is 13.8 Å². The number of carbonyl (C=O) groups excluding carboxylic acids is 2. The van der Waals surface area contributed by atoms with Crippen LogP contribution in [0.5, 0.6) is 5.75 Å². The molecule has 258 valence electrons. The van der Waals surface area contributed by atoms with Gasteiger partial charge in [0.2, 0.25) is 0 Å². The van der Waals surface area contributed by atoms with Gasteiger partial charge in [-0.15, -0.1) is 11.3 Å². The number of benzene rings is 1. The van der Waals surface area contributed by atoms with Gasteiger partial charge in [0.1, 0.15) is 28.4 Å². The Morgan fingerprint density at radius 2 is 1.90 bits per heavy atom. The van der Waals surface area contributed by atoms with E-state index in [4.69, 9.17) is 14.5 Å². The van der Waals surface area contributed by atoms with Crippen molar-refractivity contribution in [2.45, 2.75) is 71.2 Å². The Balaban J connectivity index is 0.00000468. The molecule has 0 bridgehead atoms. The van der Waals surface area contributed by atoms with Gasteiger partial charge in [-0.2, -0.15) is 13.2 Å². The summed E-state index contributed by atoms with van der Waals surface area (Å²) in [6, 6.07) is 4.05. The molecule has 3 fully saturated rings. The minimum Gasteiger partial charge on any atom is -0.550 e. The van der Waals surface area contributed by atoms with Crippen LogP contribution in [-0.2, 0) is 28.7 Å². The van der Waals surface area contributed by atoms with Gasteiger partial charge in [0, 0.05) is 54.9 Å². The number of anilines is 1. The third-order valence-corrected chi connectivity index (χ3v) is 10.3. The molecule has 0 radical (unpaired) electrons. The van der Waals surface area contributed by atoms with Crippen LogP contribution in [0.2, 0.25) is 0 Å². The molecule has 1 aromatic carbocycles. The van der Waals surface area contributed by atoms with E-state index < -0.39 is 29.7 Å². The number of nitrogens with zero attached hydrogens (tertiary/aromatic N) is 5. The second kappa shape index (κ2) is 15.7. The summed E-state index contributed by atoms with van der Waals surface area (Å²) in [5, 5.41) is 11.6. The van der Waals surface area contributed by atoms with Gasteiger partial charge in [0.05, 0.1) is 43.3 Å². The molecule has 6 rings (SSSR count). The third kappa shape index (κ3) is 9.39. The maximum absolute atomic E-state index is 14.3. The van der Waals surface area contributed by atoms with Crippen molar-refractivity contribution in [1.29, 1.82) is 0 Å². The number of thiazole rings is 1. The van der Waals surface area contributed by atoms with Crippen LogP contribution in [-0.4, -0.2) is 77.1 Å². The summed E-state index contributed by atoms with van der Waals surface area (Å²) in [5.41, 5.74) is 0.125. The Morgan fingerprint density at radius 3 is 2.53 bits per heavy atom. The number of halogens is 3. The summed E-state index contributed by atoms with van der Waals surface area (Å²) < 4.78 is 53.9. The quantitative estimate of drug-likeness (QED) is 0.228. The number of ketones is 1. The SMILES string of the molecule is CC1(C)CCCN(Cc2sc(CC(=O)c3cnc(N4CCC(C(=O)[O-])CC4)cn3)nc2-c2ccc(O[C@H]3CCOC3)c(C(F)(F)F)c2)C1.[Na+]. The average Bonchev–Trinajstić information content (AvgIpc) is 3.70. The van der Waals surface area contributed by atoms with E-state index >= 15 is 0 Å². The topological polar surface area (TPSA) is 121 Å². The summed E-state index contributed by atoms with van der Waals surface area (Å²) in [4.78, 5) is 43.0. The number of alkyl halides is 3. The molecule has 3 saturated heterocycles. The normalized spacial score (nSPS) is 20.2. The van der Waals surface area contributed by atoms with Crippen molar-refractivity contribution in [3.63, 3.8) is 0 Å². The van der Waals surface area contributed by atoms with Crippen LogP contribution in [0.25, 0.3) is 11.3 Å². The Hall–Kier alpha value is -2.62. The Bertz CT molecular complexity index is 1620. The molecule has 0 unspecified atom stereocenters. The second-order valence-electron chi connectivity index (χ2n) is 13.6. The van der Waals surface area contributed by atoms with Gasteiger partial charge >= 0.3 is 35.7 Å². The predicted molar refractivity (Wildman–Crippen MR) is 171 cm³/mol. The zero-order valence-corrected chi connectivity index (χ0v) is 30.9. The van der Waals surface area contributed by atoms with Crippen molar-refractivity contribution < 1.29 is 66.9 Å². The maximum atomic E-state index is 14.3. The monoisotopic (exact) mass is 709 g/mol. The summed E-state index contributed by atoms with van der Waals surface area (Å²) in [7, 11) is 0. The van der Waals surface area contributed by atoms with Crippen molar-refractivity contribution in [3.8, 4) is 17.0 Å². The zero-order valence-electron chi connectivity index (χ0n) is 28.1. The van der Waals surface area contributed by atoms with Crippen molar-refractivity contribution in [1.82, 2.24) is 19.9 Å². The molecule has 1 atom stereocenters. The first kappa shape index (κ1) is 37.6. The van der Waals surface area contributed by atoms with Crippen LogP contribution >= 0.6 is 11.3 Å². The van der Waals surface area contributed by atoms with Crippen LogP contribution < -0.4 is 44.3 Å². The van der Waals surface area contributed by atoms with Crippen molar-refractivity contribution >= 4 is 28.9 Å². The molecule has 3 aliphatic heterocycles. The molecular weight excluding hydrogens is 670 g/mol. The maximum Gasteiger partial charge on any atom is 1.00 e. The van der Waals surface area contributed by atoms with E-state index in [1.807, 2.05) is 4.90 Å². The number of carboxylic acids is 1. The van der Waals surface area contributed by atoms with E-state index in [0.717, 1.165) is 36.9 Å². The number of aliphatic carboxylic acids is 1. The fourth-order valence-electron chi connectivity index (χ4n) is 6.68. The molecule has 0 spiro atoms. The standard InChI is InChI=1S/C34H40F3N5O5S.Na/c1-33(2)9-3-10-41(20-33)18-28-31(22-4-5-27(24(14-22)34(35,36)37)47-23-8-13-46-19-23)40-30(48-28)15-26(43)25-16-39-29(17-38-25)42-11-6-21(7-12-42)32(44)45;/h4-5,14,16-17,21,23H,3,6-13,15,18-20H2,1-2H3,(H,44,45);/q;+1/p-1/t23-;/m0./s1. The number of Topliss-reactive ketones (excluding diaryl/α,β-unsaturated/α-hetero) is 1. The minimum atomic E-state index is -4.65. The van der Waals surface area contributed by atoms with Gasteiger partial charge in [-0.3, -0.25) is 9.69 Å². The van der Waals surface area contributed by atoms with Gasteiger partial charge < -0.3 is 24.3 Å². The zero-order chi connectivity index (χ0) is 34.1. The van der Waals surface area contributed by atoms with E-state index in [-0.39, 0.29) is 65.2 Å². The summed E-state index contributed by atoms with van der Waals surface area (Å²) >= 11 is 1.33. The number of ether oxygens (including phenoxy) is 2. The van der Waals surface area contributed by atoms with Crippen LogP contribution in [0, 0.1) is 11.3 Å². The Morgan fingerprint density at radius 1 is 1.12 bits per heavy atom. The van der Waals surface area contributed by atoms with Crippen molar-refractivity contribution in [3.05, 3.63) is 51.7 Å². The van der Waals surface area contributed by atoms with Crippen LogP contribution in [0.3, 0.4) is 0 Å². The smallest absolute Gasteiger partial charge is 0.550 e. The minimum absolute atomic E-state index is 0. The summed E-state index contributed by atoms with van der Waals surface area (Å²) in [5.74, 6) is -1.52. The Kier molecular flexibility index (Phi) is 12.1. The van der Waals surface area contributed by atoms with Gasteiger partial charge in [0.15, 0.2) is 5.78 Å². The number of carboxylic acid groups (broad SMARTS) is 1. The largest absolute Gasteiger partial charge is 1.00 e. The van der Waals surface area contributed by atoms with Crippen molar-refractivity contribution in [2.75, 3.05) is 44.3 Å². The van der Waals surface area contributed by atoms with E-state index in [1.165, 1.54) is 29.8 Å². The first-order valence-electron chi connectivity index (χ1n) is 16.3. The molecule has 0 saturated carbocycles. The predicted octanol–water partition coefficient (Wildman–Crippen LogP) is 1.80. The summed E-state index contributed by atoms with van der Waals surface area (Å²) in [6.45, 7) is 8.33. The van der Waals surface area contributed by atoms with E-state index in [0.29, 0.717) is 67.6 Å². The molecule has 3 aliphatic rings. The molecular formula is C34H39F3N5NaO5S. The Labute approximate surface area is 309 Å². The number of aromatic nitrogens is 3. The second-order valence-corrected chi connectivity index (χ2v) is 14.8. The van der Waals surface area contributed by atoms with E-state index in [9.17, 15) is 27.9 Å². The van der Waals surface area contributed by atoms with Crippen LogP contribution in [0.1, 0.15) is 71.9 Å². The van der Waals surface area contributed by atoms with Gasteiger partial charge in [-0.25, -0.2) is 15.0 Å². The fourth-order valence-corrected chi connectivity index (χ4v) is 7.81. The molecule has 0 amide bonds. The van der Waals surface area contributed by atoms with Crippen LogP contribution in [0.4, 0.5) is 19.0 Å². The number of rotatable bonds is 10. The molecule has 3 aromatic rings. The van der Waals surface area contributed by atoms with Crippen molar-refractivity contribution in [2.24, 2.45) is 11.3 Å². The fraction of sp³-hybridized carbons (Fsp3) is 0.559. The molecule has 49 heavy (non-hydrogen) atoms. The number of carbonyl (C=O) groups is 2. The average molecular weight is 710 g/mol. The number of hydrogen-bond donors (Lipinski definition) is 0. The molecule has 0 aliphatic carbocycles. The molecule has 5 heterocycles. The molecule has 15 heteroatoms. The number of piperidine rings is 2. The molecule has 2 aromatic heterocycles. The van der Waals surface area contributed by atoms with E-state index in [2.05, 4.69) is 28.7 Å². The molecule has 10 nitrogen and oxygen atoms in total. The third-order valence-electron chi connectivity index (χ3n) is 9.22. The number of hydrogen-bond acceptors (Lipinski definition) is 11. The van der Waals surface area contributed by atoms with Gasteiger partial charge in [-0.05, 0) is 55.8 Å². The van der Waals surface area contributed by atoms with Crippen LogP contribution in [0.15, 0.2) is 30.6 Å². The number of likely N-dealkylation sites (tertiary alicyclic amines) is 1. The summed E-state index contributed by atoms with van der Waals surface area (Å²) in [6.07, 6.45) is 1.27. The van der Waals surface area contributed by atoms with Gasteiger partial charge in [0.25, 0.3) is 0 Å².